The van der Waals surface area contributed by atoms with Crippen LogP contribution in [-0.2, 0) is 101 Å². The number of para-hydroxylation sites is 5. The molecule has 605 valence electrons. The molecule has 5 aliphatic heterocycles. The van der Waals surface area contributed by atoms with Crippen LogP contribution in [0.5, 0.6) is 0 Å². The average molecular weight is 2460 g/mol. The van der Waals surface area contributed by atoms with Crippen molar-refractivity contribution in [3.8, 4) is 22.8 Å². The van der Waals surface area contributed by atoms with Crippen LogP contribution in [-0.4, -0.2) is 73.9 Å². The van der Waals surface area contributed by atoms with E-state index in [0.29, 0.717) is 11.8 Å². The summed E-state index contributed by atoms with van der Waals surface area (Å²) in [4.78, 5) is 73.4. The van der Waals surface area contributed by atoms with E-state index in [4.69, 9.17) is 15.0 Å². The summed E-state index contributed by atoms with van der Waals surface area (Å²) in [6.45, 7) is 21.0. The Morgan fingerprint density at radius 1 is 0.331 bits per heavy atom. The zero-order valence-electron chi connectivity index (χ0n) is 64.5. The molecule has 0 N–H and O–H groups in total. The third-order valence-electron chi connectivity index (χ3n) is 18.8. The van der Waals surface area contributed by atoms with Crippen LogP contribution in [0.15, 0.2) is 280 Å². The fourth-order valence-corrected chi connectivity index (χ4v) is 14.0. The van der Waals surface area contributed by atoms with Gasteiger partial charge in [-0.15, -0.1) is 59.8 Å². The topological polar surface area (TPSA) is 187 Å². The summed E-state index contributed by atoms with van der Waals surface area (Å²) in [5.74, 6) is 6.66. The van der Waals surface area contributed by atoms with Crippen LogP contribution < -0.4 is 49.0 Å². The summed E-state index contributed by atoms with van der Waals surface area (Å²) >= 11 is 1.68. The summed E-state index contributed by atoms with van der Waals surface area (Å²) in [6, 6.07) is 82.2. The van der Waals surface area contributed by atoms with Gasteiger partial charge in [0.05, 0.1) is 64.4 Å². The molecule has 0 atom stereocenters. The maximum atomic E-state index is 5.04. The van der Waals surface area contributed by atoms with Gasteiger partial charge in [-0.3, -0.25) is 9.97 Å². The Labute approximate surface area is 760 Å². The molecule has 0 unspecified atom stereocenters. The molecule has 0 aliphatic carbocycles. The van der Waals surface area contributed by atoms with Crippen molar-refractivity contribution in [2.24, 2.45) is 0 Å². The van der Waals surface area contributed by atoms with Gasteiger partial charge in [0.2, 0.25) is 0 Å². The third kappa shape index (κ3) is 19.1. The van der Waals surface area contributed by atoms with E-state index >= 15 is 0 Å². The van der Waals surface area contributed by atoms with E-state index in [1.54, 1.807) is 67.5 Å². The predicted octanol–water partition coefficient (Wildman–Crippen LogP) is 19.8. The molecule has 28 heteroatoms. The second-order valence-corrected chi connectivity index (χ2v) is 27.7. The SMILES string of the molecule is CC(C)c1cccc(C(C)C)c1-c1ncc2c(n1)N(c1[c-]cccc1)[CH-]N2C.Cc1ccccc1-c1ncc2c(n1)N(c1[c-]cccc1)[CH-]N2C.[Ir].[Ir].[Ir].[Ir].[Ir].[c-]1ccccc1N1[CH-]N(c2cccnc2)c2ncncc21.[c-]1ccccc1N1[CH-]N(c2cccs2)c2ncncc21.[c-]1ccccc1N1[CH-]N(c2ccncc2)c2ncncc21. The Morgan fingerprint density at radius 3 is 1.18 bits per heavy atom. The number of aromatic nitrogens is 12. The van der Waals surface area contributed by atoms with Crippen molar-refractivity contribution in [1.29, 1.82) is 0 Å². The minimum atomic E-state index is 0. The maximum Gasteiger partial charge on any atom is 0.162 e. The molecular formula is C90H74Ir5N22S-10. The molecule has 22 nitrogen and oxygen atoms in total. The number of fused-ring (bicyclic) bond motifs is 5. The van der Waals surface area contributed by atoms with Gasteiger partial charge in [0, 0.05) is 148 Å². The molecule has 0 fully saturated rings. The van der Waals surface area contributed by atoms with Crippen LogP contribution in [0.3, 0.4) is 0 Å². The van der Waals surface area contributed by atoms with Crippen LogP contribution in [0.1, 0.15) is 56.2 Å². The summed E-state index contributed by atoms with van der Waals surface area (Å²) in [7, 11) is 4.02. The number of nitrogens with zero attached hydrogens (tertiary/aromatic N) is 22. The molecule has 5 aliphatic rings. The first-order chi connectivity index (χ1) is 55.5. The molecule has 20 rings (SSSR count). The van der Waals surface area contributed by atoms with E-state index in [2.05, 4.69) is 171 Å². The van der Waals surface area contributed by atoms with Crippen molar-refractivity contribution in [3.05, 3.63) is 361 Å². The maximum absolute atomic E-state index is 5.04. The van der Waals surface area contributed by atoms with Crippen molar-refractivity contribution in [3.63, 3.8) is 0 Å². The first kappa shape index (κ1) is 88.0. The largest absolute Gasteiger partial charge is 0.501 e. The molecule has 8 aromatic heterocycles. The molecule has 0 bridgehead atoms. The van der Waals surface area contributed by atoms with Gasteiger partial charge in [-0.1, -0.05) is 70.2 Å². The van der Waals surface area contributed by atoms with E-state index < -0.39 is 0 Å². The molecule has 13 heterocycles. The van der Waals surface area contributed by atoms with E-state index in [0.717, 1.165) is 120 Å². The van der Waals surface area contributed by atoms with Gasteiger partial charge in [-0.05, 0) is 91.3 Å². The number of hydrogen-bond donors (Lipinski definition) is 0. The number of aryl methyl sites for hydroxylation is 1. The zero-order valence-corrected chi connectivity index (χ0v) is 77.3. The zero-order chi connectivity index (χ0) is 77.2. The van der Waals surface area contributed by atoms with Gasteiger partial charge in [0.25, 0.3) is 0 Å². The summed E-state index contributed by atoms with van der Waals surface area (Å²) in [5.41, 5.74) is 17.5. The summed E-state index contributed by atoms with van der Waals surface area (Å²) < 4.78 is 0. The van der Waals surface area contributed by atoms with E-state index in [1.807, 2.05) is 259 Å². The Kier molecular flexibility index (Phi) is 30.6. The van der Waals surface area contributed by atoms with Gasteiger partial charge in [-0.2, -0.15) is 165 Å². The first-order valence-electron chi connectivity index (χ1n) is 36.6. The minimum Gasteiger partial charge on any atom is -0.501 e. The van der Waals surface area contributed by atoms with Crippen molar-refractivity contribution in [1.82, 2.24) is 59.8 Å². The van der Waals surface area contributed by atoms with Gasteiger partial charge in [-0.25, -0.2) is 49.8 Å². The Hall–Kier alpha value is -10.8. The second-order valence-electron chi connectivity index (χ2n) is 26.8. The number of hydrogen-bond acceptors (Lipinski definition) is 23. The number of anilines is 18. The van der Waals surface area contributed by atoms with Crippen LogP contribution in [0.2, 0.25) is 0 Å². The average Bonchev–Trinajstić information content (AvgIpc) is 1.53. The monoisotopic (exact) mass is 2460 g/mol. The summed E-state index contributed by atoms with van der Waals surface area (Å²) in [6.07, 6.45) is 21.0. The number of thiophene rings is 1. The number of rotatable bonds is 12. The molecule has 0 amide bonds. The number of benzene rings is 7. The van der Waals surface area contributed by atoms with Crippen molar-refractivity contribution >= 4 is 114 Å². The predicted molar refractivity (Wildman–Crippen MR) is 449 cm³/mol. The van der Waals surface area contributed by atoms with Crippen LogP contribution >= 0.6 is 11.3 Å². The molecule has 0 spiro atoms. The molecule has 0 saturated heterocycles. The molecule has 5 radical (unpaired) electrons. The van der Waals surface area contributed by atoms with E-state index in [9.17, 15) is 0 Å². The Bertz CT molecular complexity index is 5390. The fraction of sp³-hybridized carbons (Fsp3) is 0.100. The van der Waals surface area contributed by atoms with Crippen LogP contribution in [0.4, 0.5) is 102 Å². The fourth-order valence-electron chi connectivity index (χ4n) is 13.3. The quantitative estimate of drug-likeness (QED) is 0.105. The van der Waals surface area contributed by atoms with Crippen LogP contribution in [0, 0.1) is 70.6 Å². The van der Waals surface area contributed by atoms with Crippen molar-refractivity contribution in [2.75, 3.05) is 63.1 Å². The van der Waals surface area contributed by atoms with Gasteiger partial charge in [0.1, 0.15) is 48.1 Å². The smallest absolute Gasteiger partial charge is 0.162 e. The normalized spacial score (nSPS) is 12.9. The molecule has 7 aromatic carbocycles. The summed E-state index contributed by atoms with van der Waals surface area (Å²) in [5, 5.41) is 3.19. The third-order valence-corrected chi connectivity index (χ3v) is 19.7. The molecule has 118 heavy (non-hydrogen) atoms. The molecule has 0 saturated carbocycles. The van der Waals surface area contributed by atoms with Gasteiger partial charge < -0.3 is 49.0 Å². The van der Waals surface area contributed by atoms with Gasteiger partial charge in [0.15, 0.2) is 11.6 Å². The van der Waals surface area contributed by atoms with E-state index in [1.165, 1.54) is 22.3 Å². The molecule has 15 aromatic rings. The van der Waals surface area contributed by atoms with E-state index in [-0.39, 0.29) is 101 Å². The first-order valence-corrected chi connectivity index (χ1v) is 37.4. The van der Waals surface area contributed by atoms with Crippen molar-refractivity contribution < 1.29 is 101 Å². The Morgan fingerprint density at radius 2 is 0.754 bits per heavy atom. The van der Waals surface area contributed by atoms with Crippen molar-refractivity contribution in [2.45, 2.75) is 46.5 Å². The Balaban J connectivity index is 0.000000144. The molecular weight excluding hydrogens is 2380 g/mol. The van der Waals surface area contributed by atoms with Gasteiger partial charge >= 0.3 is 0 Å². The van der Waals surface area contributed by atoms with Crippen LogP contribution in [0.25, 0.3) is 22.8 Å². The second kappa shape index (κ2) is 41.0. The standard InChI is InChI=1S/C24H26N4.C19H16N4.2C16H11N5.C15H10N4S.5Ir/c1-16(2)19-12-9-13-20(17(3)4)22(19)23-25-14-21-24(26-23)28(15-27(21)5)18-10-7-6-8-11-18;1-14-8-6-7-11-16(14)18-20-12-17-19(21-18)23(13-22(17)2)15-9-4-3-5-10-15;1-2-5-13(6-3-1)20-12-21(14-7-4-8-17-9-14)16-15(20)10-18-11-19-16;1-2-4-13(5-3-1)20-12-21(14-6-8-17-9-7-14)16-15(20)10-18-11-19-16;1-2-5-12(6-3-1)18-11-19(14-7-4-8-20-14)15-13(18)9-16-10-17-15;;;;;/h6-10,12-17H,1-5H3;3-9,11-13H,1-2H3;1-5,7-12H;1-4,6-12H;1-5,7-11H;;;;;/q5*-2;;;;;. The minimum absolute atomic E-state index is 0. The number of pyridine rings is 2.